The maximum absolute atomic E-state index is 12.1. The third kappa shape index (κ3) is 3.63. The van der Waals surface area contributed by atoms with E-state index in [2.05, 4.69) is 24.4 Å². The first kappa shape index (κ1) is 15.5. The molecule has 1 amide bonds. The van der Waals surface area contributed by atoms with E-state index in [1.165, 1.54) is 11.1 Å². The number of aliphatic carboxylic acids is 1. The van der Waals surface area contributed by atoms with Crippen LogP contribution in [0, 0.1) is 18.3 Å². The maximum Gasteiger partial charge on any atom is 0.309 e. The fraction of sp³-hybridized carbons (Fsp3) is 0.529. The molecule has 1 saturated carbocycles. The highest BCUT2D eigenvalue weighted by Gasteiger charge is 2.44. The Hall–Kier alpha value is -1.84. The van der Waals surface area contributed by atoms with Crippen LogP contribution in [0.3, 0.4) is 0 Å². The van der Waals surface area contributed by atoms with Gasteiger partial charge in [-0.05, 0) is 50.7 Å². The largest absolute Gasteiger partial charge is 0.481 e. The first-order valence-corrected chi connectivity index (χ1v) is 7.39. The van der Waals surface area contributed by atoms with Gasteiger partial charge in [-0.3, -0.25) is 9.59 Å². The van der Waals surface area contributed by atoms with Gasteiger partial charge in [0.1, 0.15) is 0 Å². The number of benzene rings is 1. The summed E-state index contributed by atoms with van der Waals surface area (Å²) in [5.41, 5.74) is 1.68. The molecule has 4 nitrogen and oxygen atoms in total. The van der Waals surface area contributed by atoms with Crippen molar-refractivity contribution in [3.63, 3.8) is 0 Å². The van der Waals surface area contributed by atoms with Gasteiger partial charge in [-0.15, -0.1) is 0 Å². The van der Waals surface area contributed by atoms with Crippen LogP contribution in [0.1, 0.15) is 43.7 Å². The Balaban J connectivity index is 1.82. The standard InChI is InChI=1S/C17H23NO3/c1-11-6-4-5-7-12(11)13-10-14(13)15(19)18-9-8-17(2,3)16(20)21/h4-7,13-14H,8-10H2,1-3H3,(H,18,19)(H,20,21). The molecular weight excluding hydrogens is 266 g/mol. The topological polar surface area (TPSA) is 66.4 Å². The Morgan fingerprint density at radius 1 is 1.33 bits per heavy atom. The molecule has 2 rings (SSSR count). The second-order valence-electron chi connectivity index (χ2n) is 6.54. The molecular formula is C17H23NO3. The molecule has 0 aliphatic heterocycles. The van der Waals surface area contributed by atoms with Gasteiger partial charge < -0.3 is 10.4 Å². The third-order valence-corrected chi connectivity index (χ3v) is 4.34. The van der Waals surface area contributed by atoms with Crippen molar-refractivity contribution in [3.8, 4) is 0 Å². The lowest BCUT2D eigenvalue weighted by Crippen LogP contribution is -2.32. The van der Waals surface area contributed by atoms with Gasteiger partial charge >= 0.3 is 5.97 Å². The predicted octanol–water partition coefficient (Wildman–Crippen LogP) is 2.72. The van der Waals surface area contributed by atoms with E-state index in [-0.39, 0.29) is 11.8 Å². The van der Waals surface area contributed by atoms with Crippen LogP contribution in [-0.2, 0) is 9.59 Å². The van der Waals surface area contributed by atoms with Gasteiger partial charge in [0, 0.05) is 12.5 Å². The minimum absolute atomic E-state index is 0.0408. The highest BCUT2D eigenvalue weighted by atomic mass is 16.4. The fourth-order valence-electron chi connectivity index (χ4n) is 2.57. The number of aryl methyl sites for hydroxylation is 1. The Bertz CT molecular complexity index is 551. The first-order chi connectivity index (χ1) is 9.83. The second kappa shape index (κ2) is 5.88. The van der Waals surface area contributed by atoms with E-state index in [0.29, 0.717) is 18.9 Å². The average molecular weight is 289 g/mol. The van der Waals surface area contributed by atoms with Crippen molar-refractivity contribution in [2.24, 2.45) is 11.3 Å². The van der Waals surface area contributed by atoms with E-state index in [4.69, 9.17) is 5.11 Å². The zero-order valence-corrected chi connectivity index (χ0v) is 12.8. The molecule has 0 radical (unpaired) electrons. The molecule has 0 aromatic heterocycles. The first-order valence-electron chi connectivity index (χ1n) is 7.39. The van der Waals surface area contributed by atoms with E-state index >= 15 is 0 Å². The van der Waals surface area contributed by atoms with E-state index in [1.54, 1.807) is 13.8 Å². The molecule has 1 fully saturated rings. The number of carboxylic acids is 1. The second-order valence-corrected chi connectivity index (χ2v) is 6.54. The summed E-state index contributed by atoms with van der Waals surface area (Å²) >= 11 is 0. The molecule has 2 N–H and O–H groups in total. The number of carbonyl (C=O) groups excluding carboxylic acids is 1. The highest BCUT2D eigenvalue weighted by molar-refractivity contribution is 5.83. The smallest absolute Gasteiger partial charge is 0.309 e. The summed E-state index contributed by atoms with van der Waals surface area (Å²) in [5, 5.41) is 11.9. The third-order valence-electron chi connectivity index (χ3n) is 4.34. The maximum atomic E-state index is 12.1. The van der Waals surface area contributed by atoms with E-state index < -0.39 is 11.4 Å². The van der Waals surface area contributed by atoms with Crippen LogP contribution in [0.25, 0.3) is 0 Å². The normalized spacial score (nSPS) is 20.9. The fourth-order valence-corrected chi connectivity index (χ4v) is 2.57. The number of hydrogen-bond donors (Lipinski definition) is 2. The highest BCUT2D eigenvalue weighted by Crippen LogP contribution is 2.48. The summed E-state index contributed by atoms with van der Waals surface area (Å²) in [5.74, 6) is -0.428. The Labute approximate surface area is 125 Å². The van der Waals surface area contributed by atoms with Gasteiger partial charge in [-0.2, -0.15) is 0 Å². The van der Waals surface area contributed by atoms with Crippen molar-refractivity contribution in [2.45, 2.75) is 39.5 Å². The van der Waals surface area contributed by atoms with Crippen molar-refractivity contribution in [2.75, 3.05) is 6.54 Å². The molecule has 0 spiro atoms. The number of nitrogens with one attached hydrogen (secondary N) is 1. The summed E-state index contributed by atoms with van der Waals surface area (Å²) in [6, 6.07) is 8.16. The van der Waals surface area contributed by atoms with Crippen LogP contribution in [0.4, 0.5) is 0 Å². The molecule has 0 bridgehead atoms. The van der Waals surface area contributed by atoms with Crippen molar-refractivity contribution in [1.82, 2.24) is 5.32 Å². The van der Waals surface area contributed by atoms with E-state index in [9.17, 15) is 9.59 Å². The van der Waals surface area contributed by atoms with Gasteiger partial charge in [-0.1, -0.05) is 24.3 Å². The number of carbonyl (C=O) groups is 2. The molecule has 0 heterocycles. The predicted molar refractivity (Wildman–Crippen MR) is 81.1 cm³/mol. The van der Waals surface area contributed by atoms with Crippen LogP contribution < -0.4 is 5.32 Å². The summed E-state index contributed by atoms with van der Waals surface area (Å²) in [4.78, 5) is 23.1. The van der Waals surface area contributed by atoms with Crippen LogP contribution in [0.2, 0.25) is 0 Å². The Morgan fingerprint density at radius 2 is 2.00 bits per heavy atom. The molecule has 114 valence electrons. The molecule has 1 aromatic carbocycles. The number of rotatable bonds is 6. The molecule has 2 unspecified atom stereocenters. The number of hydrogen-bond acceptors (Lipinski definition) is 2. The number of carboxylic acid groups (broad SMARTS) is 1. The summed E-state index contributed by atoms with van der Waals surface area (Å²) < 4.78 is 0. The molecule has 21 heavy (non-hydrogen) atoms. The van der Waals surface area contributed by atoms with Crippen LogP contribution in [-0.4, -0.2) is 23.5 Å². The molecule has 1 aliphatic carbocycles. The van der Waals surface area contributed by atoms with Crippen molar-refractivity contribution >= 4 is 11.9 Å². The van der Waals surface area contributed by atoms with Crippen molar-refractivity contribution < 1.29 is 14.7 Å². The summed E-state index contributed by atoms with van der Waals surface area (Å²) in [6.07, 6.45) is 1.33. The minimum atomic E-state index is -0.832. The average Bonchev–Trinajstić information content (AvgIpc) is 3.19. The number of amides is 1. The molecule has 4 heteroatoms. The van der Waals surface area contributed by atoms with Gasteiger partial charge in [-0.25, -0.2) is 0 Å². The summed E-state index contributed by atoms with van der Waals surface area (Å²) in [6.45, 7) is 5.83. The zero-order chi connectivity index (χ0) is 15.6. The van der Waals surface area contributed by atoms with Crippen LogP contribution in [0.5, 0.6) is 0 Å². The van der Waals surface area contributed by atoms with Crippen molar-refractivity contribution in [3.05, 3.63) is 35.4 Å². The quantitative estimate of drug-likeness (QED) is 0.846. The lowest BCUT2D eigenvalue weighted by Gasteiger charge is -2.18. The lowest BCUT2D eigenvalue weighted by atomic mass is 9.90. The van der Waals surface area contributed by atoms with Gasteiger partial charge in [0.25, 0.3) is 0 Å². The molecule has 1 aromatic rings. The van der Waals surface area contributed by atoms with E-state index in [1.807, 2.05) is 12.1 Å². The monoisotopic (exact) mass is 289 g/mol. The van der Waals surface area contributed by atoms with Crippen LogP contribution >= 0.6 is 0 Å². The van der Waals surface area contributed by atoms with Crippen molar-refractivity contribution in [1.29, 1.82) is 0 Å². The van der Waals surface area contributed by atoms with E-state index in [0.717, 1.165) is 6.42 Å². The zero-order valence-electron chi connectivity index (χ0n) is 12.8. The lowest BCUT2D eigenvalue weighted by molar-refractivity contribution is -0.147. The van der Waals surface area contributed by atoms with Crippen LogP contribution in [0.15, 0.2) is 24.3 Å². The van der Waals surface area contributed by atoms with Gasteiger partial charge in [0.05, 0.1) is 5.41 Å². The molecule has 2 atom stereocenters. The molecule has 1 aliphatic rings. The Kier molecular flexibility index (Phi) is 4.35. The minimum Gasteiger partial charge on any atom is -0.481 e. The van der Waals surface area contributed by atoms with Gasteiger partial charge in [0.2, 0.25) is 5.91 Å². The SMILES string of the molecule is Cc1ccccc1C1CC1C(=O)NCCC(C)(C)C(=O)O. The molecule has 0 saturated heterocycles. The van der Waals surface area contributed by atoms with Gasteiger partial charge in [0.15, 0.2) is 0 Å². The summed E-state index contributed by atoms with van der Waals surface area (Å²) in [7, 11) is 0. The Morgan fingerprint density at radius 3 is 2.62 bits per heavy atom.